The third-order valence-corrected chi connectivity index (χ3v) is 1.98. The van der Waals surface area contributed by atoms with Crippen LogP contribution >= 0.6 is 36.4 Å². The van der Waals surface area contributed by atoms with Crippen molar-refractivity contribution in [1.29, 1.82) is 0 Å². The van der Waals surface area contributed by atoms with Crippen LogP contribution in [0.2, 0.25) is 5.02 Å². The standard InChI is InChI=1S/C9H12ClN3O.2ClH/c1-11-4-5-13-9(14)7-2-3-12-6-8(7)10;;/h2-3,6,11H,4-5H2,1H3,(H,13,14);2*1H. The van der Waals surface area contributed by atoms with Crippen LogP contribution in [-0.4, -0.2) is 31.0 Å². The van der Waals surface area contributed by atoms with E-state index in [1.54, 1.807) is 12.3 Å². The lowest BCUT2D eigenvalue weighted by atomic mass is 10.2. The van der Waals surface area contributed by atoms with Crippen molar-refractivity contribution in [2.24, 2.45) is 0 Å². The van der Waals surface area contributed by atoms with Gasteiger partial charge in [-0.05, 0) is 13.1 Å². The van der Waals surface area contributed by atoms with Crippen molar-refractivity contribution >= 4 is 42.3 Å². The monoisotopic (exact) mass is 285 g/mol. The summed E-state index contributed by atoms with van der Waals surface area (Å²) in [5, 5.41) is 6.03. The first-order valence-corrected chi connectivity index (χ1v) is 4.66. The number of likely N-dealkylation sites (N-methyl/N-ethyl adjacent to an activating group) is 1. The van der Waals surface area contributed by atoms with Crippen LogP contribution in [0.15, 0.2) is 18.5 Å². The van der Waals surface area contributed by atoms with Gasteiger partial charge in [0.15, 0.2) is 0 Å². The van der Waals surface area contributed by atoms with Crippen LogP contribution in [0.4, 0.5) is 0 Å². The van der Waals surface area contributed by atoms with Crippen molar-refractivity contribution < 1.29 is 4.79 Å². The SMILES string of the molecule is CNCCNC(=O)c1ccncc1Cl.Cl.Cl. The molecule has 4 nitrogen and oxygen atoms in total. The van der Waals surface area contributed by atoms with Crippen molar-refractivity contribution in [2.75, 3.05) is 20.1 Å². The molecule has 0 saturated heterocycles. The molecule has 0 unspecified atom stereocenters. The lowest BCUT2D eigenvalue weighted by molar-refractivity contribution is 0.0954. The minimum absolute atomic E-state index is 0. The number of hydrogen-bond acceptors (Lipinski definition) is 3. The number of rotatable bonds is 4. The van der Waals surface area contributed by atoms with Crippen LogP contribution in [0, 0.1) is 0 Å². The van der Waals surface area contributed by atoms with E-state index in [2.05, 4.69) is 15.6 Å². The largest absolute Gasteiger partial charge is 0.351 e. The van der Waals surface area contributed by atoms with E-state index in [1.165, 1.54) is 6.20 Å². The molecule has 2 N–H and O–H groups in total. The second kappa shape index (κ2) is 9.66. The molecule has 0 spiro atoms. The Kier molecular flexibility index (Phi) is 10.8. The highest BCUT2D eigenvalue weighted by Gasteiger charge is 2.08. The zero-order valence-corrected chi connectivity index (χ0v) is 11.1. The molecule has 16 heavy (non-hydrogen) atoms. The van der Waals surface area contributed by atoms with E-state index in [9.17, 15) is 4.79 Å². The maximum atomic E-state index is 11.5. The van der Waals surface area contributed by atoms with Gasteiger partial charge in [0, 0.05) is 25.5 Å². The minimum atomic E-state index is -0.173. The summed E-state index contributed by atoms with van der Waals surface area (Å²) in [6.45, 7) is 1.31. The smallest absolute Gasteiger partial charge is 0.252 e. The Morgan fingerprint density at radius 3 is 2.69 bits per heavy atom. The Labute approximate surface area is 112 Å². The van der Waals surface area contributed by atoms with E-state index in [4.69, 9.17) is 11.6 Å². The molecular formula is C9H14Cl3N3O. The summed E-state index contributed by atoms with van der Waals surface area (Å²) in [6.07, 6.45) is 2.99. The highest BCUT2D eigenvalue weighted by Crippen LogP contribution is 2.12. The molecule has 0 radical (unpaired) electrons. The molecule has 1 amide bonds. The van der Waals surface area contributed by atoms with Gasteiger partial charge in [-0.3, -0.25) is 9.78 Å². The van der Waals surface area contributed by atoms with E-state index in [0.717, 1.165) is 6.54 Å². The van der Waals surface area contributed by atoms with Gasteiger partial charge in [-0.25, -0.2) is 0 Å². The Morgan fingerprint density at radius 1 is 1.44 bits per heavy atom. The maximum Gasteiger partial charge on any atom is 0.252 e. The predicted molar refractivity (Wildman–Crippen MR) is 70.0 cm³/mol. The normalized spacial score (nSPS) is 8.62. The number of carbonyl (C=O) groups is 1. The molecular weight excluding hydrogens is 272 g/mol. The molecule has 0 aromatic carbocycles. The van der Waals surface area contributed by atoms with E-state index < -0.39 is 0 Å². The zero-order valence-electron chi connectivity index (χ0n) is 8.70. The molecule has 92 valence electrons. The van der Waals surface area contributed by atoms with Crippen molar-refractivity contribution in [1.82, 2.24) is 15.6 Å². The van der Waals surface area contributed by atoms with E-state index in [1.807, 2.05) is 7.05 Å². The Morgan fingerprint density at radius 2 is 2.12 bits per heavy atom. The second-order valence-corrected chi connectivity index (χ2v) is 3.12. The third kappa shape index (κ3) is 5.51. The maximum absolute atomic E-state index is 11.5. The van der Waals surface area contributed by atoms with Crippen LogP contribution in [0.25, 0.3) is 0 Å². The average molecular weight is 287 g/mol. The molecule has 0 bridgehead atoms. The Hall–Kier alpha value is -0.550. The second-order valence-electron chi connectivity index (χ2n) is 2.71. The predicted octanol–water partition coefficient (Wildman–Crippen LogP) is 1.53. The Bertz CT molecular complexity index is 323. The van der Waals surface area contributed by atoms with Crippen molar-refractivity contribution in [2.45, 2.75) is 0 Å². The number of aromatic nitrogens is 1. The topological polar surface area (TPSA) is 54.0 Å². The third-order valence-electron chi connectivity index (χ3n) is 1.68. The quantitative estimate of drug-likeness (QED) is 0.825. The number of pyridine rings is 1. The number of nitrogens with one attached hydrogen (secondary N) is 2. The van der Waals surface area contributed by atoms with Gasteiger partial charge in [0.1, 0.15) is 0 Å². The molecule has 0 fully saturated rings. The number of hydrogen-bond donors (Lipinski definition) is 2. The van der Waals surface area contributed by atoms with Gasteiger partial charge in [0.2, 0.25) is 0 Å². The lowest BCUT2D eigenvalue weighted by Gasteiger charge is -2.05. The van der Waals surface area contributed by atoms with E-state index in [-0.39, 0.29) is 30.7 Å². The van der Waals surface area contributed by atoms with Gasteiger partial charge in [-0.1, -0.05) is 11.6 Å². The van der Waals surface area contributed by atoms with Gasteiger partial charge in [0.25, 0.3) is 5.91 Å². The molecule has 7 heteroatoms. The number of amides is 1. The first kappa shape index (κ1) is 17.8. The highest BCUT2D eigenvalue weighted by atomic mass is 35.5. The summed E-state index contributed by atoms with van der Waals surface area (Å²) in [4.78, 5) is 15.3. The molecule has 1 aromatic rings. The van der Waals surface area contributed by atoms with Gasteiger partial charge in [-0.15, -0.1) is 24.8 Å². The summed E-state index contributed by atoms with van der Waals surface area (Å²) < 4.78 is 0. The Balaban J connectivity index is 0. The summed E-state index contributed by atoms with van der Waals surface area (Å²) in [6, 6.07) is 1.59. The van der Waals surface area contributed by atoms with Crippen LogP contribution < -0.4 is 10.6 Å². The molecule has 0 atom stereocenters. The average Bonchev–Trinajstić information content (AvgIpc) is 2.18. The molecule has 0 aliphatic rings. The van der Waals surface area contributed by atoms with Gasteiger partial charge >= 0.3 is 0 Å². The zero-order chi connectivity index (χ0) is 10.4. The van der Waals surface area contributed by atoms with Gasteiger partial charge < -0.3 is 10.6 Å². The molecule has 0 saturated carbocycles. The fourth-order valence-electron chi connectivity index (χ4n) is 0.956. The van der Waals surface area contributed by atoms with Crippen LogP contribution in [0.1, 0.15) is 10.4 Å². The summed E-state index contributed by atoms with van der Waals surface area (Å²) >= 11 is 5.79. The van der Waals surface area contributed by atoms with Crippen molar-refractivity contribution in [3.63, 3.8) is 0 Å². The first-order chi connectivity index (χ1) is 6.75. The molecule has 1 rings (SSSR count). The summed E-state index contributed by atoms with van der Waals surface area (Å²) in [5.41, 5.74) is 0.456. The number of nitrogens with zero attached hydrogens (tertiary/aromatic N) is 1. The summed E-state index contributed by atoms with van der Waals surface area (Å²) in [7, 11) is 1.82. The van der Waals surface area contributed by atoms with Gasteiger partial charge in [0.05, 0.1) is 10.6 Å². The number of carbonyl (C=O) groups excluding carboxylic acids is 1. The van der Waals surface area contributed by atoms with Crippen molar-refractivity contribution in [3.8, 4) is 0 Å². The highest BCUT2D eigenvalue weighted by molar-refractivity contribution is 6.33. The molecule has 1 aromatic heterocycles. The fraction of sp³-hybridized carbons (Fsp3) is 0.333. The van der Waals surface area contributed by atoms with E-state index >= 15 is 0 Å². The lowest BCUT2D eigenvalue weighted by Crippen LogP contribution is -2.30. The molecule has 1 heterocycles. The first-order valence-electron chi connectivity index (χ1n) is 4.28. The number of halogens is 3. The van der Waals surface area contributed by atoms with Crippen LogP contribution in [-0.2, 0) is 0 Å². The van der Waals surface area contributed by atoms with Crippen molar-refractivity contribution in [3.05, 3.63) is 29.0 Å². The van der Waals surface area contributed by atoms with Crippen LogP contribution in [0.3, 0.4) is 0 Å². The fourth-order valence-corrected chi connectivity index (χ4v) is 1.16. The van der Waals surface area contributed by atoms with E-state index in [0.29, 0.717) is 17.1 Å². The minimum Gasteiger partial charge on any atom is -0.351 e. The molecule has 0 aliphatic heterocycles. The summed E-state index contributed by atoms with van der Waals surface area (Å²) in [5.74, 6) is -0.173. The molecule has 0 aliphatic carbocycles. The van der Waals surface area contributed by atoms with Crippen LogP contribution in [0.5, 0.6) is 0 Å². The van der Waals surface area contributed by atoms with Gasteiger partial charge in [-0.2, -0.15) is 0 Å².